The van der Waals surface area contributed by atoms with Crippen LogP contribution in [0.5, 0.6) is 0 Å². The van der Waals surface area contributed by atoms with Crippen molar-refractivity contribution in [3.63, 3.8) is 0 Å². The first-order valence-electron chi connectivity index (χ1n) is 4.45. The largest absolute Gasteiger partial charge is 0.403 e. The first kappa shape index (κ1) is 14.7. The van der Waals surface area contributed by atoms with Crippen LogP contribution < -0.4 is 0 Å². The van der Waals surface area contributed by atoms with Gasteiger partial charge in [0.2, 0.25) is 0 Å². The number of hydrogen-bond donors (Lipinski definition) is 1. The molecule has 1 atom stereocenters. The van der Waals surface area contributed by atoms with Gasteiger partial charge in [-0.05, 0) is 6.07 Å². The van der Waals surface area contributed by atoms with Crippen LogP contribution in [-0.2, 0) is 0 Å². The molecule has 1 aromatic heterocycles. The Hall–Kier alpha value is -1.38. The third-order valence-electron chi connectivity index (χ3n) is 2.09. The van der Waals surface area contributed by atoms with E-state index in [2.05, 4.69) is 4.98 Å². The number of pyridine rings is 1. The van der Waals surface area contributed by atoms with Gasteiger partial charge in [-0.15, -0.1) is 0 Å². The smallest absolute Gasteiger partial charge is 0.387 e. The van der Waals surface area contributed by atoms with Crippen molar-refractivity contribution in [2.75, 3.05) is 0 Å². The first-order chi connectivity index (χ1) is 8.03. The van der Waals surface area contributed by atoms with E-state index in [1.54, 1.807) is 0 Å². The highest BCUT2D eigenvalue weighted by Gasteiger charge is 2.60. The summed E-state index contributed by atoms with van der Waals surface area (Å²) in [5, 5.41) is 9.13. The standard InChI is InChI=1S/C9H6F7NO/c10-5-1-4(2-17-3-5)6(18)7(8(11,12)13)9(14,15)16/h1-3,6-7,18H. The molecule has 0 aromatic carbocycles. The van der Waals surface area contributed by atoms with E-state index >= 15 is 0 Å². The van der Waals surface area contributed by atoms with E-state index in [1.807, 2.05) is 0 Å². The number of aromatic nitrogens is 1. The van der Waals surface area contributed by atoms with Crippen LogP contribution in [-0.4, -0.2) is 22.4 Å². The summed E-state index contributed by atoms with van der Waals surface area (Å²) in [7, 11) is 0. The van der Waals surface area contributed by atoms with E-state index in [1.165, 1.54) is 0 Å². The summed E-state index contributed by atoms with van der Waals surface area (Å²) >= 11 is 0. The first-order valence-corrected chi connectivity index (χ1v) is 4.45. The molecule has 0 amide bonds. The van der Waals surface area contributed by atoms with Crippen LogP contribution in [0.15, 0.2) is 18.5 Å². The van der Waals surface area contributed by atoms with E-state index in [0.717, 1.165) is 0 Å². The molecule has 0 bridgehead atoms. The van der Waals surface area contributed by atoms with Crippen LogP contribution in [0.25, 0.3) is 0 Å². The molecule has 18 heavy (non-hydrogen) atoms. The van der Waals surface area contributed by atoms with Crippen molar-refractivity contribution in [3.8, 4) is 0 Å². The summed E-state index contributed by atoms with van der Waals surface area (Å²) in [6, 6.07) is 0.363. The molecule has 102 valence electrons. The van der Waals surface area contributed by atoms with Crippen LogP contribution in [0, 0.1) is 11.7 Å². The minimum atomic E-state index is -5.70. The quantitative estimate of drug-likeness (QED) is 0.843. The second-order valence-electron chi connectivity index (χ2n) is 3.44. The number of aliphatic hydroxyl groups excluding tert-OH is 1. The van der Waals surface area contributed by atoms with Crippen molar-refractivity contribution in [1.82, 2.24) is 4.98 Å². The molecule has 1 heterocycles. The summed E-state index contributed by atoms with van der Waals surface area (Å²) in [6.07, 6.45) is -13.2. The third kappa shape index (κ3) is 3.31. The van der Waals surface area contributed by atoms with Gasteiger partial charge in [0, 0.05) is 11.8 Å². The van der Waals surface area contributed by atoms with Gasteiger partial charge in [-0.25, -0.2) is 4.39 Å². The highest BCUT2D eigenvalue weighted by atomic mass is 19.4. The predicted molar refractivity (Wildman–Crippen MR) is 44.8 cm³/mol. The second-order valence-corrected chi connectivity index (χ2v) is 3.44. The van der Waals surface area contributed by atoms with Crippen LogP contribution in [0.3, 0.4) is 0 Å². The maximum atomic E-state index is 12.6. The highest BCUT2D eigenvalue weighted by molar-refractivity contribution is 5.15. The van der Waals surface area contributed by atoms with Gasteiger partial charge in [-0.3, -0.25) is 4.98 Å². The number of rotatable bonds is 2. The maximum absolute atomic E-state index is 12.6. The van der Waals surface area contributed by atoms with E-state index in [9.17, 15) is 30.7 Å². The molecule has 1 unspecified atom stereocenters. The lowest BCUT2D eigenvalue weighted by atomic mass is 9.95. The van der Waals surface area contributed by atoms with Crippen molar-refractivity contribution in [2.45, 2.75) is 18.5 Å². The van der Waals surface area contributed by atoms with Gasteiger partial charge in [0.15, 0.2) is 5.92 Å². The number of hydrogen-bond acceptors (Lipinski definition) is 2. The summed E-state index contributed by atoms with van der Waals surface area (Å²) in [4.78, 5) is 3.08. The van der Waals surface area contributed by atoms with Gasteiger partial charge in [0.25, 0.3) is 0 Å². The molecule has 1 rings (SSSR count). The Morgan fingerprint density at radius 3 is 1.89 bits per heavy atom. The summed E-state index contributed by atoms with van der Waals surface area (Å²) < 4.78 is 86.2. The van der Waals surface area contributed by atoms with Gasteiger partial charge in [-0.1, -0.05) is 0 Å². The van der Waals surface area contributed by atoms with Gasteiger partial charge in [0.05, 0.1) is 6.20 Å². The molecule has 1 N–H and O–H groups in total. The number of alkyl halides is 6. The lowest BCUT2D eigenvalue weighted by Crippen LogP contribution is -2.40. The van der Waals surface area contributed by atoms with E-state index in [-0.39, 0.29) is 0 Å². The molecule has 0 saturated heterocycles. The maximum Gasteiger partial charge on any atom is 0.403 e. The summed E-state index contributed by atoms with van der Waals surface area (Å²) in [5.74, 6) is -5.14. The zero-order valence-corrected chi connectivity index (χ0v) is 8.43. The molecule has 0 radical (unpaired) electrons. The third-order valence-corrected chi connectivity index (χ3v) is 2.09. The van der Waals surface area contributed by atoms with E-state index in [0.29, 0.717) is 18.5 Å². The predicted octanol–water partition coefficient (Wildman–Crippen LogP) is 2.99. The normalized spacial score (nSPS) is 14.9. The van der Waals surface area contributed by atoms with Gasteiger partial charge in [-0.2, -0.15) is 26.3 Å². The monoisotopic (exact) mass is 277 g/mol. The minimum absolute atomic E-state index is 0.363. The molecule has 0 saturated carbocycles. The molecule has 0 aliphatic rings. The topological polar surface area (TPSA) is 33.1 Å². The SMILES string of the molecule is OC(c1cncc(F)c1)C(C(F)(F)F)C(F)(F)F. The zero-order valence-electron chi connectivity index (χ0n) is 8.43. The Labute approximate surface area is 96.1 Å². The molecule has 0 fully saturated rings. The Morgan fingerprint density at radius 2 is 1.50 bits per heavy atom. The molecular formula is C9H6F7NO. The highest BCUT2D eigenvalue weighted by Crippen LogP contribution is 2.46. The van der Waals surface area contributed by atoms with Crippen molar-refractivity contribution >= 4 is 0 Å². The molecule has 0 aliphatic carbocycles. The van der Waals surface area contributed by atoms with Gasteiger partial charge in [0.1, 0.15) is 11.9 Å². The number of nitrogens with zero attached hydrogens (tertiary/aromatic N) is 1. The summed E-state index contributed by atoms with van der Waals surface area (Å²) in [6.45, 7) is 0. The second kappa shape index (κ2) is 4.71. The lowest BCUT2D eigenvalue weighted by molar-refractivity contribution is -0.307. The van der Waals surface area contributed by atoms with Gasteiger partial charge >= 0.3 is 12.4 Å². The van der Waals surface area contributed by atoms with Crippen molar-refractivity contribution < 1.29 is 35.8 Å². The van der Waals surface area contributed by atoms with Crippen molar-refractivity contribution in [3.05, 3.63) is 29.8 Å². The molecule has 9 heteroatoms. The van der Waals surface area contributed by atoms with Crippen molar-refractivity contribution in [1.29, 1.82) is 0 Å². The van der Waals surface area contributed by atoms with Crippen LogP contribution >= 0.6 is 0 Å². The average Bonchev–Trinajstić information content (AvgIpc) is 2.12. The van der Waals surface area contributed by atoms with Crippen LogP contribution in [0.2, 0.25) is 0 Å². The molecule has 0 spiro atoms. The zero-order chi connectivity index (χ0) is 14.1. The molecule has 2 nitrogen and oxygen atoms in total. The molecule has 0 aliphatic heterocycles. The Balaban J connectivity index is 3.15. The van der Waals surface area contributed by atoms with Gasteiger partial charge < -0.3 is 5.11 Å². The fraction of sp³-hybridized carbons (Fsp3) is 0.444. The number of halogens is 7. The number of aliphatic hydroxyl groups is 1. The fourth-order valence-corrected chi connectivity index (χ4v) is 1.33. The summed E-state index contributed by atoms with van der Waals surface area (Å²) in [5.41, 5.74) is -0.894. The van der Waals surface area contributed by atoms with Crippen LogP contribution in [0.1, 0.15) is 11.7 Å². The van der Waals surface area contributed by atoms with Crippen molar-refractivity contribution in [2.24, 2.45) is 5.92 Å². The Kier molecular flexibility index (Phi) is 3.84. The Morgan fingerprint density at radius 1 is 1.00 bits per heavy atom. The molecular weight excluding hydrogens is 271 g/mol. The minimum Gasteiger partial charge on any atom is -0.387 e. The Bertz CT molecular complexity index is 400. The lowest BCUT2D eigenvalue weighted by Gasteiger charge is -2.27. The van der Waals surface area contributed by atoms with E-state index in [4.69, 9.17) is 5.11 Å². The molecule has 1 aromatic rings. The van der Waals surface area contributed by atoms with E-state index < -0.39 is 35.8 Å². The fourth-order valence-electron chi connectivity index (χ4n) is 1.33. The van der Waals surface area contributed by atoms with Crippen LogP contribution in [0.4, 0.5) is 30.7 Å². The average molecular weight is 277 g/mol.